The lowest BCUT2D eigenvalue weighted by atomic mass is 10.1. The van der Waals surface area contributed by atoms with E-state index in [4.69, 9.17) is 14.9 Å². The Morgan fingerprint density at radius 1 is 1.58 bits per heavy atom. The number of hydrogen-bond acceptors (Lipinski definition) is 4. The van der Waals surface area contributed by atoms with Crippen LogP contribution in [-0.4, -0.2) is 48.7 Å². The largest absolute Gasteiger partial charge is 0.479 e. The second-order valence-electron chi connectivity index (χ2n) is 2.54. The maximum Gasteiger partial charge on any atom is 0.338 e. The first-order chi connectivity index (χ1) is 5.56. The average molecular weight is 178 g/mol. The van der Waals surface area contributed by atoms with Crippen LogP contribution in [0.1, 0.15) is 6.92 Å². The first kappa shape index (κ1) is 11.4. The van der Waals surface area contributed by atoms with Crippen LogP contribution in [-0.2, 0) is 14.3 Å². The van der Waals surface area contributed by atoms with Gasteiger partial charge in [0.1, 0.15) is 0 Å². The summed E-state index contributed by atoms with van der Waals surface area (Å²) in [5.41, 5.74) is -1.36. The number of rotatable bonds is 6. The van der Waals surface area contributed by atoms with E-state index in [1.54, 1.807) is 0 Å². The third-order valence-corrected chi connectivity index (χ3v) is 1.38. The maximum absolute atomic E-state index is 10.6. The molecule has 0 bridgehead atoms. The van der Waals surface area contributed by atoms with E-state index >= 15 is 0 Å². The van der Waals surface area contributed by atoms with Crippen LogP contribution in [0.2, 0.25) is 0 Å². The van der Waals surface area contributed by atoms with Crippen molar-refractivity contribution >= 4 is 5.97 Å². The van der Waals surface area contributed by atoms with Crippen LogP contribution in [0.5, 0.6) is 0 Å². The molecule has 0 aliphatic rings. The van der Waals surface area contributed by atoms with Crippen molar-refractivity contribution in [2.24, 2.45) is 0 Å². The van der Waals surface area contributed by atoms with Gasteiger partial charge in [0.25, 0.3) is 0 Å². The quantitative estimate of drug-likeness (QED) is 0.572. The lowest BCUT2D eigenvalue weighted by Gasteiger charge is -2.23. The van der Waals surface area contributed by atoms with Crippen molar-refractivity contribution in [3.63, 3.8) is 0 Å². The van der Waals surface area contributed by atoms with Gasteiger partial charge in [-0.1, -0.05) is 0 Å². The van der Waals surface area contributed by atoms with E-state index in [0.29, 0.717) is 0 Å². The number of carboxylic acid groups (broad SMARTS) is 1. The number of hydrogen-bond donors (Lipinski definition) is 2. The fraction of sp³-hybridized carbons (Fsp3) is 0.857. The van der Waals surface area contributed by atoms with Gasteiger partial charge in [-0.15, -0.1) is 0 Å². The van der Waals surface area contributed by atoms with Gasteiger partial charge < -0.3 is 19.7 Å². The average Bonchev–Trinajstić information content (AvgIpc) is 2.01. The van der Waals surface area contributed by atoms with E-state index in [0.717, 1.165) is 0 Å². The fourth-order valence-corrected chi connectivity index (χ4v) is 0.711. The lowest BCUT2D eigenvalue weighted by molar-refractivity contribution is -0.171. The van der Waals surface area contributed by atoms with Crippen LogP contribution in [0, 0.1) is 0 Å². The molecule has 0 aromatic heterocycles. The molecule has 1 atom stereocenters. The summed E-state index contributed by atoms with van der Waals surface area (Å²) in [5.74, 6) is -1.10. The molecule has 12 heavy (non-hydrogen) atoms. The Bertz CT molecular complexity index is 147. The molecule has 0 spiro atoms. The highest BCUT2D eigenvalue weighted by Gasteiger charge is 2.34. The molecular formula is C7H14O5. The summed E-state index contributed by atoms with van der Waals surface area (Å²) in [6.45, 7) is 1.15. The molecule has 0 aliphatic heterocycles. The van der Waals surface area contributed by atoms with Crippen molar-refractivity contribution in [3.8, 4) is 0 Å². The Labute approximate surface area is 70.9 Å². The van der Waals surface area contributed by atoms with Crippen LogP contribution in [0.4, 0.5) is 0 Å². The molecule has 0 aromatic carbocycles. The van der Waals surface area contributed by atoms with Gasteiger partial charge in [0, 0.05) is 7.11 Å². The molecular weight excluding hydrogens is 164 g/mol. The van der Waals surface area contributed by atoms with Gasteiger partial charge in [0.05, 0.1) is 19.8 Å². The standard InChI is InChI=1S/C7H14O5/c1-7(5-11-2,6(9)10)12-4-3-8/h8H,3-5H2,1-2H3,(H,9,10). The molecule has 5 nitrogen and oxygen atoms in total. The molecule has 2 N–H and O–H groups in total. The van der Waals surface area contributed by atoms with Crippen LogP contribution < -0.4 is 0 Å². The number of aliphatic hydroxyl groups excluding tert-OH is 1. The highest BCUT2D eigenvalue weighted by molar-refractivity contribution is 5.77. The van der Waals surface area contributed by atoms with Crippen LogP contribution >= 0.6 is 0 Å². The van der Waals surface area contributed by atoms with Gasteiger partial charge in [0.2, 0.25) is 0 Å². The SMILES string of the molecule is COCC(C)(OCCO)C(=O)O. The topological polar surface area (TPSA) is 76.0 Å². The van der Waals surface area contributed by atoms with Gasteiger partial charge in [-0.2, -0.15) is 0 Å². The number of aliphatic hydroxyl groups is 1. The van der Waals surface area contributed by atoms with Crippen molar-refractivity contribution in [2.75, 3.05) is 26.9 Å². The Morgan fingerprint density at radius 2 is 2.17 bits per heavy atom. The van der Waals surface area contributed by atoms with E-state index in [1.807, 2.05) is 0 Å². The molecule has 0 rings (SSSR count). The van der Waals surface area contributed by atoms with Crippen molar-refractivity contribution in [2.45, 2.75) is 12.5 Å². The van der Waals surface area contributed by atoms with E-state index in [2.05, 4.69) is 4.74 Å². The third-order valence-electron chi connectivity index (χ3n) is 1.38. The highest BCUT2D eigenvalue weighted by Crippen LogP contribution is 2.10. The maximum atomic E-state index is 10.6. The summed E-state index contributed by atoms with van der Waals surface area (Å²) in [6, 6.07) is 0. The minimum atomic E-state index is -1.36. The monoisotopic (exact) mass is 178 g/mol. The van der Waals surface area contributed by atoms with E-state index in [9.17, 15) is 4.79 Å². The summed E-state index contributed by atoms with van der Waals surface area (Å²) >= 11 is 0. The predicted molar refractivity (Wildman–Crippen MR) is 41.0 cm³/mol. The van der Waals surface area contributed by atoms with Gasteiger partial charge in [-0.05, 0) is 6.92 Å². The first-order valence-corrected chi connectivity index (χ1v) is 3.54. The number of methoxy groups -OCH3 is 1. The zero-order chi connectivity index (χ0) is 9.61. The summed E-state index contributed by atoms with van der Waals surface area (Å²) in [7, 11) is 1.39. The van der Waals surface area contributed by atoms with Crippen molar-refractivity contribution < 1.29 is 24.5 Å². The van der Waals surface area contributed by atoms with E-state index < -0.39 is 11.6 Å². The summed E-state index contributed by atoms with van der Waals surface area (Å²) in [5, 5.41) is 17.1. The smallest absolute Gasteiger partial charge is 0.338 e. The van der Waals surface area contributed by atoms with Crippen molar-refractivity contribution in [3.05, 3.63) is 0 Å². The van der Waals surface area contributed by atoms with E-state index in [-0.39, 0.29) is 19.8 Å². The van der Waals surface area contributed by atoms with Crippen molar-refractivity contribution in [1.29, 1.82) is 0 Å². The number of carbonyl (C=O) groups is 1. The van der Waals surface area contributed by atoms with Crippen molar-refractivity contribution in [1.82, 2.24) is 0 Å². The predicted octanol–water partition coefficient (Wildman–Crippen LogP) is -0.515. The summed E-state index contributed by atoms with van der Waals surface area (Å²) < 4.78 is 9.58. The molecule has 72 valence electrons. The molecule has 0 saturated heterocycles. The van der Waals surface area contributed by atoms with E-state index in [1.165, 1.54) is 14.0 Å². The molecule has 0 heterocycles. The Morgan fingerprint density at radius 3 is 2.50 bits per heavy atom. The second-order valence-corrected chi connectivity index (χ2v) is 2.54. The van der Waals surface area contributed by atoms with Gasteiger partial charge in [-0.25, -0.2) is 4.79 Å². The highest BCUT2D eigenvalue weighted by atomic mass is 16.6. The molecule has 1 unspecified atom stereocenters. The molecule has 0 aliphatic carbocycles. The molecule has 0 aromatic rings. The summed E-state index contributed by atoms with van der Waals surface area (Å²) in [4.78, 5) is 10.6. The molecule has 0 amide bonds. The normalized spacial score (nSPS) is 15.6. The lowest BCUT2D eigenvalue weighted by Crippen LogP contribution is -2.43. The number of ether oxygens (including phenoxy) is 2. The third kappa shape index (κ3) is 3.17. The summed E-state index contributed by atoms with van der Waals surface area (Å²) in [6.07, 6.45) is 0. The second kappa shape index (κ2) is 5.08. The van der Waals surface area contributed by atoms with Gasteiger partial charge in [-0.3, -0.25) is 0 Å². The number of aliphatic carboxylic acids is 1. The van der Waals surface area contributed by atoms with Gasteiger partial charge >= 0.3 is 5.97 Å². The Kier molecular flexibility index (Phi) is 4.80. The first-order valence-electron chi connectivity index (χ1n) is 3.54. The Balaban J connectivity index is 4.08. The van der Waals surface area contributed by atoms with Crippen LogP contribution in [0.3, 0.4) is 0 Å². The molecule has 0 fully saturated rings. The Hall–Kier alpha value is -0.650. The minimum absolute atomic E-state index is 0.00778. The number of carboxylic acids is 1. The molecule has 5 heteroatoms. The van der Waals surface area contributed by atoms with Crippen LogP contribution in [0.25, 0.3) is 0 Å². The zero-order valence-electron chi connectivity index (χ0n) is 7.24. The zero-order valence-corrected chi connectivity index (χ0v) is 7.24. The van der Waals surface area contributed by atoms with Gasteiger partial charge in [0.15, 0.2) is 5.60 Å². The van der Waals surface area contributed by atoms with Crippen LogP contribution in [0.15, 0.2) is 0 Å². The minimum Gasteiger partial charge on any atom is -0.479 e. The molecule has 0 radical (unpaired) electrons. The molecule has 0 saturated carbocycles. The fourth-order valence-electron chi connectivity index (χ4n) is 0.711.